The molecule has 0 heterocycles. The van der Waals surface area contributed by atoms with Gasteiger partial charge in [-0.05, 0) is 33.7 Å². The summed E-state index contributed by atoms with van der Waals surface area (Å²) in [5.74, 6) is -0.812. The summed E-state index contributed by atoms with van der Waals surface area (Å²) in [7, 11) is -1.66. The molecule has 0 radical (unpaired) electrons. The van der Waals surface area contributed by atoms with Crippen LogP contribution in [0.3, 0.4) is 0 Å². The number of carbonyl (C=O) groups excluding carboxylic acids is 1. The highest BCUT2D eigenvalue weighted by atomic mass is 28.3. The number of ether oxygens (including phenoxy) is 1. The fourth-order valence-electron chi connectivity index (χ4n) is 1.59. The quantitative estimate of drug-likeness (QED) is 0.556. The van der Waals surface area contributed by atoms with Crippen LogP contribution in [-0.2, 0) is 9.53 Å². The van der Waals surface area contributed by atoms with Gasteiger partial charge >= 0.3 is 12.1 Å². The summed E-state index contributed by atoms with van der Waals surface area (Å²) in [6, 6.07) is 0. The molecule has 0 bridgehead atoms. The highest BCUT2D eigenvalue weighted by Crippen LogP contribution is 2.09. The van der Waals surface area contributed by atoms with Gasteiger partial charge in [0.1, 0.15) is 13.8 Å². The van der Waals surface area contributed by atoms with Crippen molar-refractivity contribution in [2.24, 2.45) is 0 Å². The molecule has 0 aromatic heterocycles. The van der Waals surface area contributed by atoms with Gasteiger partial charge in [-0.25, -0.2) is 4.79 Å². The standard InChI is InChI=1S/C13H28N2O4Si/c1-13(2,3)19-12(18)14-8-7-9-15(10-11(16)17)20(4,5)6/h7-10H2,1-6H3,(H,14,18)(H,16,17). The lowest BCUT2D eigenvalue weighted by Gasteiger charge is -2.32. The van der Waals surface area contributed by atoms with Crippen molar-refractivity contribution in [1.29, 1.82) is 0 Å². The number of nitrogens with one attached hydrogen (secondary N) is 1. The van der Waals surface area contributed by atoms with E-state index in [0.29, 0.717) is 19.5 Å². The van der Waals surface area contributed by atoms with E-state index in [1.807, 2.05) is 25.3 Å². The maximum absolute atomic E-state index is 11.4. The number of amides is 1. The Kier molecular flexibility index (Phi) is 7.22. The van der Waals surface area contributed by atoms with Gasteiger partial charge in [-0.3, -0.25) is 4.79 Å². The van der Waals surface area contributed by atoms with Gasteiger partial charge in [0.25, 0.3) is 0 Å². The van der Waals surface area contributed by atoms with Gasteiger partial charge in [0.2, 0.25) is 0 Å². The maximum atomic E-state index is 11.4. The first-order valence-electron chi connectivity index (χ1n) is 6.85. The topological polar surface area (TPSA) is 78.9 Å². The Bertz CT molecular complexity index is 334. The Balaban J connectivity index is 4.07. The first-order chi connectivity index (χ1) is 8.92. The van der Waals surface area contributed by atoms with Crippen LogP contribution in [0, 0.1) is 0 Å². The van der Waals surface area contributed by atoms with Gasteiger partial charge in [0, 0.05) is 6.54 Å². The van der Waals surface area contributed by atoms with Gasteiger partial charge in [0.05, 0.1) is 6.54 Å². The zero-order valence-corrected chi connectivity index (χ0v) is 14.4. The second kappa shape index (κ2) is 7.63. The van der Waals surface area contributed by atoms with E-state index < -0.39 is 25.9 Å². The number of nitrogens with zero attached hydrogens (tertiary/aromatic N) is 1. The Morgan fingerprint density at radius 3 is 2.20 bits per heavy atom. The molecule has 20 heavy (non-hydrogen) atoms. The molecule has 0 aliphatic rings. The van der Waals surface area contributed by atoms with Crippen molar-refractivity contribution in [1.82, 2.24) is 9.88 Å². The van der Waals surface area contributed by atoms with Crippen LogP contribution in [0.4, 0.5) is 4.79 Å². The van der Waals surface area contributed by atoms with Crippen molar-refractivity contribution in [2.75, 3.05) is 19.6 Å². The number of carbonyl (C=O) groups is 2. The molecule has 7 heteroatoms. The van der Waals surface area contributed by atoms with Crippen LogP contribution in [0.15, 0.2) is 0 Å². The molecule has 0 aromatic rings. The molecule has 2 N–H and O–H groups in total. The second-order valence-corrected chi connectivity index (χ2v) is 11.7. The first-order valence-corrected chi connectivity index (χ1v) is 10.3. The molecule has 0 saturated carbocycles. The van der Waals surface area contributed by atoms with Gasteiger partial charge in [-0.15, -0.1) is 0 Å². The number of carboxylic acid groups (broad SMARTS) is 1. The van der Waals surface area contributed by atoms with Crippen molar-refractivity contribution >= 4 is 20.3 Å². The van der Waals surface area contributed by atoms with E-state index in [1.165, 1.54) is 0 Å². The highest BCUT2D eigenvalue weighted by Gasteiger charge is 2.25. The maximum Gasteiger partial charge on any atom is 0.407 e. The molecular weight excluding hydrogens is 276 g/mol. The molecule has 0 aliphatic heterocycles. The van der Waals surface area contributed by atoms with E-state index in [2.05, 4.69) is 25.0 Å². The van der Waals surface area contributed by atoms with Crippen LogP contribution in [0.25, 0.3) is 0 Å². The molecule has 0 fully saturated rings. The number of hydrogen-bond donors (Lipinski definition) is 2. The number of hydrogen-bond acceptors (Lipinski definition) is 4. The fourth-order valence-corrected chi connectivity index (χ4v) is 3.03. The summed E-state index contributed by atoms with van der Waals surface area (Å²) in [5.41, 5.74) is -0.502. The Morgan fingerprint density at radius 1 is 1.25 bits per heavy atom. The summed E-state index contributed by atoms with van der Waals surface area (Å²) in [4.78, 5) is 22.3. The average molecular weight is 304 g/mol. The number of alkyl carbamates (subject to hydrolysis) is 1. The van der Waals surface area contributed by atoms with Crippen LogP contribution in [-0.4, -0.2) is 55.2 Å². The lowest BCUT2D eigenvalue weighted by Crippen LogP contribution is -2.49. The lowest BCUT2D eigenvalue weighted by molar-refractivity contribution is -0.137. The molecule has 0 aromatic carbocycles. The minimum absolute atomic E-state index is 0.0577. The van der Waals surface area contributed by atoms with E-state index in [-0.39, 0.29) is 6.54 Å². The van der Waals surface area contributed by atoms with Gasteiger partial charge in [-0.2, -0.15) is 0 Å². The first kappa shape index (κ1) is 18.9. The van der Waals surface area contributed by atoms with E-state index in [0.717, 1.165) is 0 Å². The molecule has 0 saturated heterocycles. The van der Waals surface area contributed by atoms with Crippen molar-refractivity contribution in [3.63, 3.8) is 0 Å². The minimum atomic E-state index is -1.66. The molecule has 0 rings (SSSR count). The zero-order valence-electron chi connectivity index (χ0n) is 13.4. The Morgan fingerprint density at radius 2 is 1.80 bits per heavy atom. The third kappa shape index (κ3) is 9.80. The lowest BCUT2D eigenvalue weighted by atomic mass is 10.2. The normalized spacial score (nSPS) is 12.3. The highest BCUT2D eigenvalue weighted by molar-refractivity contribution is 6.73. The molecular formula is C13H28N2O4Si. The molecule has 0 unspecified atom stereocenters. The predicted octanol–water partition coefficient (Wildman–Crippen LogP) is 2.12. The van der Waals surface area contributed by atoms with Gasteiger partial charge < -0.3 is 19.7 Å². The fraction of sp³-hybridized carbons (Fsp3) is 0.846. The van der Waals surface area contributed by atoms with E-state index in [1.54, 1.807) is 0 Å². The summed E-state index contributed by atoms with van der Waals surface area (Å²) < 4.78 is 7.13. The number of rotatable bonds is 7. The summed E-state index contributed by atoms with van der Waals surface area (Å²) in [6.45, 7) is 13.0. The Hall–Kier alpha value is -1.08. The van der Waals surface area contributed by atoms with Crippen LogP contribution in [0.1, 0.15) is 27.2 Å². The molecule has 118 valence electrons. The molecule has 0 atom stereocenters. The third-order valence-electron chi connectivity index (χ3n) is 2.55. The van der Waals surface area contributed by atoms with E-state index in [9.17, 15) is 9.59 Å². The number of aliphatic carboxylic acids is 1. The molecule has 1 amide bonds. The smallest absolute Gasteiger partial charge is 0.407 e. The second-order valence-electron chi connectivity index (χ2n) is 6.77. The van der Waals surface area contributed by atoms with Crippen LogP contribution in [0.5, 0.6) is 0 Å². The SMILES string of the molecule is CC(C)(C)OC(=O)NCCCN(CC(=O)O)[Si](C)(C)C. The van der Waals surface area contributed by atoms with Crippen LogP contribution >= 0.6 is 0 Å². The third-order valence-corrected chi connectivity index (χ3v) is 4.83. The van der Waals surface area contributed by atoms with E-state index in [4.69, 9.17) is 9.84 Å². The van der Waals surface area contributed by atoms with Gasteiger partial charge in [-0.1, -0.05) is 19.6 Å². The van der Waals surface area contributed by atoms with Crippen molar-refractivity contribution in [3.05, 3.63) is 0 Å². The predicted molar refractivity (Wildman–Crippen MR) is 81.4 cm³/mol. The molecule has 6 nitrogen and oxygen atoms in total. The van der Waals surface area contributed by atoms with E-state index >= 15 is 0 Å². The van der Waals surface area contributed by atoms with Crippen molar-refractivity contribution in [3.8, 4) is 0 Å². The summed E-state index contributed by atoms with van der Waals surface area (Å²) in [5, 5.41) is 11.6. The monoisotopic (exact) mass is 304 g/mol. The zero-order chi connectivity index (χ0) is 16.0. The summed E-state index contributed by atoms with van der Waals surface area (Å²) in [6.07, 6.45) is 0.270. The molecule has 0 aliphatic carbocycles. The average Bonchev–Trinajstić information content (AvgIpc) is 2.17. The van der Waals surface area contributed by atoms with Gasteiger partial charge in [0.15, 0.2) is 0 Å². The largest absolute Gasteiger partial charge is 0.480 e. The van der Waals surface area contributed by atoms with Crippen molar-refractivity contribution in [2.45, 2.75) is 52.4 Å². The number of carboxylic acids is 1. The Labute approximate surface area is 122 Å². The molecule has 0 spiro atoms. The van der Waals surface area contributed by atoms with Crippen molar-refractivity contribution < 1.29 is 19.4 Å². The minimum Gasteiger partial charge on any atom is -0.480 e. The van der Waals surface area contributed by atoms with Crippen LogP contribution in [0.2, 0.25) is 19.6 Å². The summed E-state index contributed by atoms with van der Waals surface area (Å²) >= 11 is 0. The van der Waals surface area contributed by atoms with Crippen LogP contribution < -0.4 is 5.32 Å².